The molecule has 0 radical (unpaired) electrons. The van der Waals surface area contributed by atoms with E-state index in [0.29, 0.717) is 6.04 Å². The Morgan fingerprint density at radius 2 is 1.89 bits per heavy atom. The van der Waals surface area contributed by atoms with Gasteiger partial charge in [-0.1, -0.05) is 32.9 Å². The van der Waals surface area contributed by atoms with Crippen molar-refractivity contribution in [2.24, 2.45) is 0 Å². The second-order valence-electron chi connectivity index (χ2n) is 5.22. The Bertz CT molecular complexity index is 523. The zero-order chi connectivity index (χ0) is 13.8. The normalized spacial score (nSPS) is 11.2. The summed E-state index contributed by atoms with van der Waals surface area (Å²) in [7, 11) is 0. The van der Waals surface area contributed by atoms with Gasteiger partial charge in [0.2, 0.25) is 0 Å². The summed E-state index contributed by atoms with van der Waals surface area (Å²) >= 11 is 0. The number of nitrogens with one attached hydrogen (secondary N) is 1. The number of benzene rings is 1. The average molecular weight is 257 g/mol. The highest BCUT2D eigenvalue weighted by atomic mass is 15.3. The molecule has 19 heavy (non-hydrogen) atoms. The molecule has 1 heterocycles. The molecule has 1 aromatic carbocycles. The Hall–Kier alpha value is -1.61. The van der Waals surface area contributed by atoms with Crippen LogP contribution in [0.15, 0.2) is 30.5 Å². The molecule has 0 aliphatic heterocycles. The van der Waals surface area contributed by atoms with Gasteiger partial charge in [0, 0.05) is 23.8 Å². The van der Waals surface area contributed by atoms with Crippen LogP contribution in [0.5, 0.6) is 0 Å². The molecule has 0 spiro atoms. The molecule has 2 aromatic rings. The molecule has 102 valence electrons. The first-order chi connectivity index (χ1) is 9.11. The van der Waals surface area contributed by atoms with E-state index < -0.39 is 0 Å². The van der Waals surface area contributed by atoms with Gasteiger partial charge in [-0.25, -0.2) is 4.68 Å². The number of rotatable bonds is 5. The van der Waals surface area contributed by atoms with Crippen molar-refractivity contribution in [3.63, 3.8) is 0 Å². The van der Waals surface area contributed by atoms with E-state index in [4.69, 9.17) is 0 Å². The Labute approximate surface area is 115 Å². The monoisotopic (exact) mass is 257 g/mol. The van der Waals surface area contributed by atoms with Gasteiger partial charge in [-0.3, -0.25) is 0 Å². The van der Waals surface area contributed by atoms with Crippen molar-refractivity contribution < 1.29 is 0 Å². The van der Waals surface area contributed by atoms with Crippen molar-refractivity contribution in [1.29, 1.82) is 0 Å². The molecule has 0 amide bonds. The Morgan fingerprint density at radius 1 is 1.21 bits per heavy atom. The van der Waals surface area contributed by atoms with E-state index in [2.05, 4.69) is 62.4 Å². The van der Waals surface area contributed by atoms with Gasteiger partial charge in [-0.15, -0.1) is 0 Å². The SMILES string of the molecule is CCc1ccc(-n2ncc(CNC(C)C)c2C)cc1. The lowest BCUT2D eigenvalue weighted by Crippen LogP contribution is -2.22. The standard InChI is InChI=1S/C16H23N3/c1-5-14-6-8-16(9-7-14)19-13(4)15(11-18-19)10-17-12(2)3/h6-9,11-12,17H,5,10H2,1-4H3. The van der Waals surface area contributed by atoms with Gasteiger partial charge < -0.3 is 5.32 Å². The largest absolute Gasteiger partial charge is 0.310 e. The van der Waals surface area contributed by atoms with Crippen molar-refractivity contribution in [3.8, 4) is 5.69 Å². The highest BCUT2D eigenvalue weighted by Gasteiger charge is 2.08. The molecule has 3 nitrogen and oxygen atoms in total. The molecule has 1 N–H and O–H groups in total. The summed E-state index contributed by atoms with van der Waals surface area (Å²) in [5.74, 6) is 0. The molecule has 0 fully saturated rings. The minimum Gasteiger partial charge on any atom is -0.310 e. The van der Waals surface area contributed by atoms with Crippen LogP contribution in [0.1, 0.15) is 37.6 Å². The predicted octanol–water partition coefficient (Wildman–Crippen LogP) is 3.24. The molecule has 0 saturated heterocycles. The fourth-order valence-electron chi connectivity index (χ4n) is 2.06. The van der Waals surface area contributed by atoms with Gasteiger partial charge in [0.1, 0.15) is 0 Å². The zero-order valence-corrected chi connectivity index (χ0v) is 12.3. The lowest BCUT2D eigenvalue weighted by atomic mass is 10.1. The third kappa shape index (κ3) is 3.24. The second-order valence-corrected chi connectivity index (χ2v) is 5.22. The van der Waals surface area contributed by atoms with Gasteiger partial charge in [0.05, 0.1) is 11.9 Å². The number of hydrogen-bond donors (Lipinski definition) is 1. The molecule has 1 aromatic heterocycles. The minimum absolute atomic E-state index is 0.492. The topological polar surface area (TPSA) is 29.9 Å². The molecule has 3 heteroatoms. The Kier molecular flexibility index (Phi) is 4.38. The van der Waals surface area contributed by atoms with Crippen molar-refractivity contribution in [2.75, 3.05) is 0 Å². The van der Waals surface area contributed by atoms with Crippen LogP contribution in [0.25, 0.3) is 5.69 Å². The summed E-state index contributed by atoms with van der Waals surface area (Å²) in [6.45, 7) is 9.48. The highest BCUT2D eigenvalue weighted by Crippen LogP contribution is 2.15. The highest BCUT2D eigenvalue weighted by molar-refractivity contribution is 5.37. The van der Waals surface area contributed by atoms with Gasteiger partial charge >= 0.3 is 0 Å². The first-order valence-electron chi connectivity index (χ1n) is 6.98. The van der Waals surface area contributed by atoms with Gasteiger partial charge in [-0.2, -0.15) is 5.10 Å². The molecule has 0 bridgehead atoms. The Morgan fingerprint density at radius 3 is 2.47 bits per heavy atom. The van der Waals surface area contributed by atoms with E-state index in [1.165, 1.54) is 16.8 Å². The molecule has 2 rings (SSSR count). The molecule has 0 aliphatic rings. The molecular weight excluding hydrogens is 234 g/mol. The van der Waals surface area contributed by atoms with Gasteiger partial charge in [-0.05, 0) is 31.0 Å². The lowest BCUT2D eigenvalue weighted by Gasteiger charge is -2.09. The van der Waals surface area contributed by atoms with Crippen LogP contribution >= 0.6 is 0 Å². The van der Waals surface area contributed by atoms with Crippen LogP contribution in [-0.2, 0) is 13.0 Å². The predicted molar refractivity (Wildman–Crippen MR) is 79.7 cm³/mol. The second kappa shape index (κ2) is 6.02. The van der Waals surface area contributed by atoms with E-state index in [9.17, 15) is 0 Å². The van der Waals surface area contributed by atoms with Gasteiger partial charge in [0.25, 0.3) is 0 Å². The third-order valence-electron chi connectivity index (χ3n) is 3.40. The molecular formula is C16H23N3. The van der Waals surface area contributed by atoms with E-state index in [1.54, 1.807) is 0 Å². The number of hydrogen-bond acceptors (Lipinski definition) is 2. The molecule has 0 atom stereocenters. The number of nitrogens with zero attached hydrogens (tertiary/aromatic N) is 2. The van der Waals surface area contributed by atoms with E-state index >= 15 is 0 Å². The molecule has 0 unspecified atom stereocenters. The van der Waals surface area contributed by atoms with E-state index in [-0.39, 0.29) is 0 Å². The van der Waals surface area contributed by atoms with E-state index in [0.717, 1.165) is 18.7 Å². The van der Waals surface area contributed by atoms with Crippen molar-refractivity contribution in [1.82, 2.24) is 15.1 Å². The summed E-state index contributed by atoms with van der Waals surface area (Å²) < 4.78 is 2.01. The van der Waals surface area contributed by atoms with Crippen molar-refractivity contribution in [2.45, 2.75) is 46.7 Å². The van der Waals surface area contributed by atoms with Crippen molar-refractivity contribution >= 4 is 0 Å². The Balaban J connectivity index is 2.20. The lowest BCUT2D eigenvalue weighted by molar-refractivity contribution is 0.587. The maximum Gasteiger partial charge on any atom is 0.0648 e. The smallest absolute Gasteiger partial charge is 0.0648 e. The van der Waals surface area contributed by atoms with E-state index in [1.807, 2.05) is 10.9 Å². The first-order valence-corrected chi connectivity index (χ1v) is 6.98. The van der Waals surface area contributed by atoms with Crippen LogP contribution in [0.3, 0.4) is 0 Å². The average Bonchev–Trinajstić information content (AvgIpc) is 2.78. The van der Waals surface area contributed by atoms with Crippen LogP contribution in [0.4, 0.5) is 0 Å². The molecule has 0 saturated carbocycles. The maximum atomic E-state index is 4.50. The summed E-state index contributed by atoms with van der Waals surface area (Å²) in [4.78, 5) is 0. The first kappa shape index (κ1) is 13.8. The van der Waals surface area contributed by atoms with Crippen LogP contribution in [0.2, 0.25) is 0 Å². The minimum atomic E-state index is 0.492. The fourth-order valence-corrected chi connectivity index (χ4v) is 2.06. The van der Waals surface area contributed by atoms with Gasteiger partial charge in [0.15, 0.2) is 0 Å². The zero-order valence-electron chi connectivity index (χ0n) is 12.3. The maximum absolute atomic E-state index is 4.50. The summed E-state index contributed by atoms with van der Waals surface area (Å²) in [5, 5.41) is 7.93. The quantitative estimate of drug-likeness (QED) is 0.891. The summed E-state index contributed by atoms with van der Waals surface area (Å²) in [6.07, 6.45) is 3.03. The summed E-state index contributed by atoms with van der Waals surface area (Å²) in [5.41, 5.74) is 4.95. The fraction of sp³-hybridized carbons (Fsp3) is 0.438. The van der Waals surface area contributed by atoms with Crippen molar-refractivity contribution in [3.05, 3.63) is 47.3 Å². The van der Waals surface area contributed by atoms with Crippen LogP contribution in [0, 0.1) is 6.92 Å². The molecule has 0 aliphatic carbocycles. The third-order valence-corrected chi connectivity index (χ3v) is 3.40. The summed E-state index contributed by atoms with van der Waals surface area (Å²) in [6, 6.07) is 9.11. The number of aryl methyl sites for hydroxylation is 1. The van der Waals surface area contributed by atoms with Crippen LogP contribution in [-0.4, -0.2) is 15.8 Å². The number of aromatic nitrogens is 2. The van der Waals surface area contributed by atoms with Crippen LogP contribution < -0.4 is 5.32 Å².